The summed E-state index contributed by atoms with van der Waals surface area (Å²) in [5.41, 5.74) is 7.98. The van der Waals surface area contributed by atoms with E-state index in [0.29, 0.717) is 11.3 Å². The Bertz CT molecular complexity index is 439. The van der Waals surface area contributed by atoms with Crippen LogP contribution < -0.4 is 11.1 Å². The Kier molecular flexibility index (Phi) is 3.23. The van der Waals surface area contributed by atoms with Gasteiger partial charge in [0.05, 0.1) is 5.56 Å². The van der Waals surface area contributed by atoms with Gasteiger partial charge in [0.15, 0.2) is 0 Å². The van der Waals surface area contributed by atoms with Crippen molar-refractivity contribution in [3.8, 4) is 6.07 Å². The van der Waals surface area contributed by atoms with Crippen molar-refractivity contribution in [3.05, 3.63) is 23.8 Å². The minimum atomic E-state index is 0.168. The van der Waals surface area contributed by atoms with E-state index in [0.717, 1.165) is 5.69 Å². The summed E-state index contributed by atoms with van der Waals surface area (Å²) in [6.07, 6.45) is 6.29. The third-order valence-corrected chi connectivity index (χ3v) is 3.58. The SMILES string of the molecule is CC1(Nc2ccc(N)c(C#N)c2)CCCCC1. The summed E-state index contributed by atoms with van der Waals surface area (Å²) in [5.74, 6) is 0. The molecule has 0 unspecified atom stereocenters. The topological polar surface area (TPSA) is 61.8 Å². The Labute approximate surface area is 103 Å². The van der Waals surface area contributed by atoms with Gasteiger partial charge < -0.3 is 11.1 Å². The van der Waals surface area contributed by atoms with Crippen LogP contribution in [-0.4, -0.2) is 5.54 Å². The van der Waals surface area contributed by atoms with E-state index in [1.807, 2.05) is 12.1 Å². The molecule has 0 saturated heterocycles. The van der Waals surface area contributed by atoms with Gasteiger partial charge in [0.1, 0.15) is 6.07 Å². The van der Waals surface area contributed by atoms with Crippen LogP contribution in [0.3, 0.4) is 0 Å². The van der Waals surface area contributed by atoms with Gasteiger partial charge in [0.25, 0.3) is 0 Å². The fourth-order valence-electron chi connectivity index (χ4n) is 2.54. The second-order valence-corrected chi connectivity index (χ2v) is 5.16. The molecule has 90 valence electrons. The van der Waals surface area contributed by atoms with Crippen molar-refractivity contribution in [2.45, 2.75) is 44.6 Å². The molecule has 1 fully saturated rings. The Morgan fingerprint density at radius 2 is 2.00 bits per heavy atom. The van der Waals surface area contributed by atoms with Gasteiger partial charge in [-0.2, -0.15) is 5.26 Å². The lowest BCUT2D eigenvalue weighted by molar-refractivity contribution is 0.349. The van der Waals surface area contributed by atoms with Gasteiger partial charge in [-0.15, -0.1) is 0 Å². The number of benzene rings is 1. The quantitative estimate of drug-likeness (QED) is 0.765. The van der Waals surface area contributed by atoms with Gasteiger partial charge in [-0.05, 0) is 38.0 Å². The van der Waals surface area contributed by atoms with E-state index in [1.54, 1.807) is 6.07 Å². The Morgan fingerprint density at radius 3 is 2.65 bits per heavy atom. The average molecular weight is 229 g/mol. The van der Waals surface area contributed by atoms with Crippen molar-refractivity contribution < 1.29 is 0 Å². The van der Waals surface area contributed by atoms with Crippen LogP contribution in [0.25, 0.3) is 0 Å². The predicted molar refractivity (Wildman–Crippen MR) is 70.7 cm³/mol. The number of hydrogen-bond acceptors (Lipinski definition) is 3. The Hall–Kier alpha value is -1.69. The highest BCUT2D eigenvalue weighted by atomic mass is 15.0. The van der Waals surface area contributed by atoms with Crippen molar-refractivity contribution in [1.82, 2.24) is 0 Å². The number of nitrogens with zero attached hydrogens (tertiary/aromatic N) is 1. The third kappa shape index (κ3) is 2.71. The molecule has 0 aliphatic heterocycles. The molecule has 1 saturated carbocycles. The molecule has 1 aromatic rings. The van der Waals surface area contributed by atoms with E-state index in [-0.39, 0.29) is 5.54 Å². The van der Waals surface area contributed by atoms with E-state index >= 15 is 0 Å². The number of nitrogens with two attached hydrogens (primary N) is 1. The zero-order chi connectivity index (χ0) is 12.3. The van der Waals surface area contributed by atoms with E-state index in [9.17, 15) is 0 Å². The molecule has 1 aliphatic carbocycles. The first-order valence-electron chi connectivity index (χ1n) is 6.21. The van der Waals surface area contributed by atoms with Crippen molar-refractivity contribution in [1.29, 1.82) is 5.26 Å². The number of hydrogen-bond donors (Lipinski definition) is 2. The molecule has 17 heavy (non-hydrogen) atoms. The molecule has 1 aliphatic rings. The van der Waals surface area contributed by atoms with E-state index in [1.165, 1.54) is 32.1 Å². The molecule has 0 radical (unpaired) electrons. The van der Waals surface area contributed by atoms with Gasteiger partial charge in [-0.25, -0.2) is 0 Å². The third-order valence-electron chi connectivity index (χ3n) is 3.58. The van der Waals surface area contributed by atoms with Gasteiger partial charge in [-0.1, -0.05) is 19.3 Å². The molecular weight excluding hydrogens is 210 g/mol. The number of nitrogens with one attached hydrogen (secondary N) is 1. The van der Waals surface area contributed by atoms with Gasteiger partial charge >= 0.3 is 0 Å². The Morgan fingerprint density at radius 1 is 1.29 bits per heavy atom. The summed E-state index contributed by atoms with van der Waals surface area (Å²) in [7, 11) is 0. The van der Waals surface area contributed by atoms with E-state index < -0.39 is 0 Å². The number of anilines is 2. The molecule has 0 spiro atoms. The summed E-state index contributed by atoms with van der Waals surface area (Å²) in [6, 6.07) is 7.72. The maximum Gasteiger partial charge on any atom is 0.101 e. The van der Waals surface area contributed by atoms with Crippen LogP contribution in [0.2, 0.25) is 0 Å². The van der Waals surface area contributed by atoms with Crippen LogP contribution in [0.4, 0.5) is 11.4 Å². The molecule has 0 atom stereocenters. The second kappa shape index (κ2) is 4.67. The molecule has 1 aromatic carbocycles. The van der Waals surface area contributed by atoms with Gasteiger partial charge in [-0.3, -0.25) is 0 Å². The highest BCUT2D eigenvalue weighted by Gasteiger charge is 2.26. The fourth-order valence-corrected chi connectivity index (χ4v) is 2.54. The lowest BCUT2D eigenvalue weighted by Gasteiger charge is -2.35. The molecule has 3 heteroatoms. The number of nitrogen functional groups attached to an aromatic ring is 1. The van der Waals surface area contributed by atoms with Crippen molar-refractivity contribution in [2.24, 2.45) is 0 Å². The number of nitriles is 1. The van der Waals surface area contributed by atoms with Crippen molar-refractivity contribution >= 4 is 11.4 Å². The maximum atomic E-state index is 8.96. The molecule has 0 amide bonds. The normalized spacial score (nSPS) is 18.4. The van der Waals surface area contributed by atoms with Gasteiger partial charge in [0.2, 0.25) is 0 Å². The van der Waals surface area contributed by atoms with Crippen molar-refractivity contribution in [2.75, 3.05) is 11.1 Å². The van der Waals surface area contributed by atoms with Crippen LogP contribution in [0, 0.1) is 11.3 Å². The summed E-state index contributed by atoms with van der Waals surface area (Å²) < 4.78 is 0. The highest BCUT2D eigenvalue weighted by Crippen LogP contribution is 2.31. The largest absolute Gasteiger partial charge is 0.398 e. The summed E-state index contributed by atoms with van der Waals surface area (Å²) in [6.45, 7) is 2.26. The standard InChI is InChI=1S/C14H19N3/c1-14(7-3-2-4-8-14)17-12-5-6-13(16)11(9-12)10-15/h5-6,9,17H,2-4,7-8,16H2,1H3. The molecule has 0 aromatic heterocycles. The molecule has 2 rings (SSSR count). The van der Waals surface area contributed by atoms with Crippen LogP contribution >= 0.6 is 0 Å². The maximum absolute atomic E-state index is 8.96. The van der Waals surface area contributed by atoms with Crippen LogP contribution in [0.15, 0.2) is 18.2 Å². The van der Waals surface area contributed by atoms with Crippen LogP contribution in [0.5, 0.6) is 0 Å². The molecular formula is C14H19N3. The molecule has 0 bridgehead atoms. The lowest BCUT2D eigenvalue weighted by atomic mass is 9.83. The van der Waals surface area contributed by atoms with E-state index in [4.69, 9.17) is 11.0 Å². The first kappa shape index (κ1) is 11.8. The number of rotatable bonds is 2. The summed E-state index contributed by atoms with van der Waals surface area (Å²) >= 11 is 0. The summed E-state index contributed by atoms with van der Waals surface area (Å²) in [5, 5.41) is 12.5. The van der Waals surface area contributed by atoms with Crippen molar-refractivity contribution in [3.63, 3.8) is 0 Å². The molecule has 3 N–H and O–H groups in total. The fraction of sp³-hybridized carbons (Fsp3) is 0.500. The zero-order valence-corrected chi connectivity index (χ0v) is 10.3. The smallest absolute Gasteiger partial charge is 0.101 e. The first-order chi connectivity index (χ1) is 8.13. The molecule has 0 heterocycles. The van der Waals surface area contributed by atoms with Crippen LogP contribution in [0.1, 0.15) is 44.6 Å². The average Bonchev–Trinajstić information content (AvgIpc) is 2.32. The first-order valence-corrected chi connectivity index (χ1v) is 6.21. The second-order valence-electron chi connectivity index (χ2n) is 5.16. The monoisotopic (exact) mass is 229 g/mol. The van der Waals surface area contributed by atoms with Crippen LogP contribution in [-0.2, 0) is 0 Å². The minimum Gasteiger partial charge on any atom is -0.398 e. The summed E-state index contributed by atoms with van der Waals surface area (Å²) in [4.78, 5) is 0. The lowest BCUT2D eigenvalue weighted by Crippen LogP contribution is -2.36. The predicted octanol–water partition coefficient (Wildman–Crippen LogP) is 3.28. The highest BCUT2D eigenvalue weighted by molar-refractivity contribution is 5.62. The minimum absolute atomic E-state index is 0.168. The van der Waals surface area contributed by atoms with Gasteiger partial charge in [0, 0.05) is 16.9 Å². The Balaban J connectivity index is 2.15. The zero-order valence-electron chi connectivity index (χ0n) is 10.3. The van der Waals surface area contributed by atoms with E-state index in [2.05, 4.69) is 18.3 Å². The molecule has 3 nitrogen and oxygen atoms in total.